The SMILES string of the molecule is C=CC(C/C=C/C/C=N\C=C/CC)/C(=C/C(=N\Cc1ccc(-c2ccc3ccccc3c2)cc1)C1=CCCC(c2ccc3ccccc3c2)=C1)N=C. The van der Waals surface area contributed by atoms with Crippen LogP contribution < -0.4 is 0 Å². The van der Waals surface area contributed by atoms with E-state index in [1.54, 1.807) is 0 Å². The summed E-state index contributed by atoms with van der Waals surface area (Å²) in [6.45, 7) is 10.8. The van der Waals surface area contributed by atoms with E-state index >= 15 is 0 Å². The second kappa shape index (κ2) is 18.3. The summed E-state index contributed by atoms with van der Waals surface area (Å²) in [4.78, 5) is 14.1. The first-order chi connectivity index (χ1) is 25.6. The normalized spacial score (nSPS) is 14.7. The Labute approximate surface area is 309 Å². The molecule has 0 fully saturated rings. The first-order valence-electron chi connectivity index (χ1n) is 18.3. The van der Waals surface area contributed by atoms with Crippen molar-refractivity contribution in [3.8, 4) is 11.1 Å². The summed E-state index contributed by atoms with van der Waals surface area (Å²) >= 11 is 0. The Morgan fingerprint density at radius 1 is 0.769 bits per heavy atom. The first kappa shape index (κ1) is 35.9. The van der Waals surface area contributed by atoms with Gasteiger partial charge in [0.15, 0.2) is 0 Å². The first-order valence-corrected chi connectivity index (χ1v) is 18.3. The second-order valence-corrected chi connectivity index (χ2v) is 13.0. The summed E-state index contributed by atoms with van der Waals surface area (Å²) in [5.74, 6) is 0.00485. The van der Waals surface area contributed by atoms with Gasteiger partial charge in [0.1, 0.15) is 0 Å². The van der Waals surface area contributed by atoms with Crippen LogP contribution in [0.1, 0.15) is 50.2 Å². The Hall–Kier alpha value is -5.93. The van der Waals surface area contributed by atoms with Gasteiger partial charge in [0.25, 0.3) is 0 Å². The molecular formula is C49H47N3. The number of rotatable bonds is 15. The average molecular weight is 678 g/mol. The zero-order valence-corrected chi connectivity index (χ0v) is 30.2. The van der Waals surface area contributed by atoms with Gasteiger partial charge in [-0.2, -0.15) is 0 Å². The van der Waals surface area contributed by atoms with Crippen LogP contribution in [0.25, 0.3) is 38.2 Å². The molecule has 0 heterocycles. The van der Waals surface area contributed by atoms with Crippen LogP contribution in [0.3, 0.4) is 0 Å². The molecule has 258 valence electrons. The molecule has 0 saturated heterocycles. The summed E-state index contributed by atoms with van der Waals surface area (Å²) < 4.78 is 0. The van der Waals surface area contributed by atoms with Gasteiger partial charge in [-0.05, 0) is 112 Å². The predicted octanol–water partition coefficient (Wildman–Crippen LogP) is 13.1. The van der Waals surface area contributed by atoms with Gasteiger partial charge < -0.3 is 0 Å². The maximum Gasteiger partial charge on any atom is 0.0665 e. The maximum absolute atomic E-state index is 5.25. The minimum absolute atomic E-state index is 0.00485. The van der Waals surface area contributed by atoms with Crippen molar-refractivity contribution in [2.24, 2.45) is 20.9 Å². The van der Waals surface area contributed by atoms with Gasteiger partial charge in [-0.25, -0.2) is 0 Å². The number of hydrogen-bond acceptors (Lipinski definition) is 3. The van der Waals surface area contributed by atoms with Crippen molar-refractivity contribution in [1.29, 1.82) is 0 Å². The smallest absolute Gasteiger partial charge is 0.0665 e. The Bertz CT molecular complexity index is 2240. The van der Waals surface area contributed by atoms with Crippen molar-refractivity contribution < 1.29 is 0 Å². The highest BCUT2D eigenvalue weighted by molar-refractivity contribution is 6.12. The summed E-state index contributed by atoms with van der Waals surface area (Å²) in [6, 6.07) is 39.2. The van der Waals surface area contributed by atoms with Crippen LogP contribution in [0.15, 0.2) is 191 Å². The lowest BCUT2D eigenvalue weighted by Gasteiger charge is -2.17. The zero-order valence-electron chi connectivity index (χ0n) is 30.2. The van der Waals surface area contributed by atoms with Crippen LogP contribution in [0.4, 0.5) is 0 Å². The molecule has 0 bridgehead atoms. The largest absolute Gasteiger partial charge is 0.280 e. The van der Waals surface area contributed by atoms with Gasteiger partial charge >= 0.3 is 0 Å². The van der Waals surface area contributed by atoms with Gasteiger partial charge in [0.2, 0.25) is 0 Å². The molecule has 52 heavy (non-hydrogen) atoms. The number of allylic oxidation sites excluding steroid dienone is 9. The number of hydrogen-bond donors (Lipinski definition) is 0. The molecule has 1 unspecified atom stereocenters. The third-order valence-corrected chi connectivity index (χ3v) is 9.45. The van der Waals surface area contributed by atoms with Crippen LogP contribution >= 0.6 is 0 Å². The van der Waals surface area contributed by atoms with Gasteiger partial charge in [-0.3, -0.25) is 15.0 Å². The highest BCUT2D eigenvalue weighted by atomic mass is 14.8. The van der Waals surface area contributed by atoms with E-state index in [9.17, 15) is 0 Å². The average Bonchev–Trinajstić information content (AvgIpc) is 3.20. The van der Waals surface area contributed by atoms with Gasteiger partial charge in [0, 0.05) is 30.5 Å². The van der Waals surface area contributed by atoms with Gasteiger partial charge in [0.05, 0.1) is 12.3 Å². The van der Waals surface area contributed by atoms with Crippen LogP contribution in [0, 0.1) is 5.92 Å². The van der Waals surface area contributed by atoms with E-state index in [-0.39, 0.29) is 5.92 Å². The molecule has 0 aromatic heterocycles. The van der Waals surface area contributed by atoms with E-state index in [0.29, 0.717) is 6.54 Å². The Kier molecular flexibility index (Phi) is 12.7. The molecule has 0 saturated carbocycles. The lowest BCUT2D eigenvalue weighted by atomic mass is 9.90. The zero-order chi connectivity index (χ0) is 36.0. The number of fused-ring (bicyclic) bond motifs is 2. The van der Waals surface area contributed by atoms with Crippen molar-refractivity contribution in [3.05, 3.63) is 187 Å². The molecule has 6 rings (SSSR count). The number of nitrogens with zero attached hydrogens (tertiary/aromatic N) is 3. The highest BCUT2D eigenvalue weighted by Gasteiger charge is 2.15. The number of aliphatic imine (C=N–C) groups is 3. The Balaban J connectivity index is 1.28. The van der Waals surface area contributed by atoms with E-state index < -0.39 is 0 Å². The van der Waals surface area contributed by atoms with Gasteiger partial charge in [-0.15, -0.1) is 6.58 Å². The molecule has 0 amide bonds. The van der Waals surface area contributed by atoms with Crippen LogP contribution in [0.2, 0.25) is 0 Å². The lowest BCUT2D eigenvalue weighted by Crippen LogP contribution is -2.07. The molecule has 0 aliphatic heterocycles. The second-order valence-electron chi connectivity index (χ2n) is 13.0. The third kappa shape index (κ3) is 9.44. The summed E-state index contributed by atoms with van der Waals surface area (Å²) in [7, 11) is 0. The summed E-state index contributed by atoms with van der Waals surface area (Å²) in [6.07, 6.45) is 23.3. The molecule has 3 nitrogen and oxygen atoms in total. The molecular weight excluding hydrogens is 631 g/mol. The fourth-order valence-corrected chi connectivity index (χ4v) is 6.50. The molecule has 0 radical (unpaired) electrons. The molecule has 1 aliphatic rings. The van der Waals surface area contributed by atoms with E-state index in [0.717, 1.165) is 54.6 Å². The van der Waals surface area contributed by atoms with Crippen molar-refractivity contribution in [1.82, 2.24) is 0 Å². The van der Waals surface area contributed by atoms with E-state index in [2.05, 4.69) is 170 Å². The van der Waals surface area contributed by atoms with E-state index in [1.165, 1.54) is 43.8 Å². The van der Waals surface area contributed by atoms with E-state index in [1.807, 2.05) is 24.6 Å². The van der Waals surface area contributed by atoms with Crippen molar-refractivity contribution >= 4 is 45.8 Å². The molecule has 0 spiro atoms. The lowest BCUT2D eigenvalue weighted by molar-refractivity contribution is 0.768. The summed E-state index contributed by atoms with van der Waals surface area (Å²) in [5, 5.41) is 5.00. The Morgan fingerprint density at radius 2 is 1.44 bits per heavy atom. The van der Waals surface area contributed by atoms with E-state index in [4.69, 9.17) is 4.99 Å². The molecule has 3 heteroatoms. The molecule has 1 aliphatic carbocycles. The Morgan fingerprint density at radius 3 is 2.13 bits per heavy atom. The van der Waals surface area contributed by atoms with Crippen molar-refractivity contribution in [2.45, 2.75) is 45.6 Å². The van der Waals surface area contributed by atoms with Crippen LogP contribution in [-0.2, 0) is 6.54 Å². The van der Waals surface area contributed by atoms with Crippen molar-refractivity contribution in [2.75, 3.05) is 0 Å². The fourth-order valence-electron chi connectivity index (χ4n) is 6.50. The molecule has 5 aromatic rings. The fraction of sp³-hybridized carbons (Fsp3) is 0.163. The minimum atomic E-state index is 0.00485. The quantitative estimate of drug-likeness (QED) is 0.0781. The van der Waals surface area contributed by atoms with Crippen molar-refractivity contribution in [3.63, 3.8) is 0 Å². The summed E-state index contributed by atoms with van der Waals surface area (Å²) in [5.41, 5.74) is 9.00. The molecule has 0 N–H and O–H groups in total. The van der Waals surface area contributed by atoms with Crippen LogP contribution in [-0.4, -0.2) is 18.6 Å². The molecule has 5 aromatic carbocycles. The third-order valence-electron chi connectivity index (χ3n) is 9.45. The highest BCUT2D eigenvalue weighted by Crippen LogP contribution is 2.31. The molecule has 1 atom stereocenters. The van der Waals surface area contributed by atoms with Gasteiger partial charge in [-0.1, -0.05) is 134 Å². The minimum Gasteiger partial charge on any atom is -0.280 e. The maximum atomic E-state index is 5.25. The number of benzene rings is 5. The topological polar surface area (TPSA) is 37.1 Å². The standard InChI is InChI=1S/C49H47N3/c1-4-6-30-51-31-13-7-8-15-38(5-2)48(50-3)35-49(47-21-14-20-44(34-47)46-29-27-40-17-10-12-19-43(40)33-46)52-36-37-22-24-41(25-23-37)45-28-26-39-16-9-11-18-42(39)32-45/h5-12,16-19,21-35,38H,2-4,13-15,20,36H2,1H3/b8-7+,30-6-,48-35-,51-31-,52-49+. The monoisotopic (exact) mass is 677 g/mol. The van der Waals surface area contributed by atoms with Crippen LogP contribution in [0.5, 0.6) is 0 Å². The predicted molar refractivity (Wildman–Crippen MR) is 227 cm³/mol.